The number of hydrogen-bond donors (Lipinski definition) is 2. The number of benzene rings is 1. The van der Waals surface area contributed by atoms with Crippen molar-refractivity contribution in [3.63, 3.8) is 0 Å². The second-order valence-corrected chi connectivity index (χ2v) is 3.92. The second kappa shape index (κ2) is 4.40. The average molecular weight is 282 g/mol. The molecular formula is C9H8BrN5O. The standard InChI is InChI=1S/C9H8BrN5O/c1-5-3-2-4-6(7(5)10)11-9(16)8-12-14-15-13-8/h2-4H,1H3,(H,11,16)(H,12,13,14,15). The van der Waals surface area contributed by atoms with E-state index in [1.54, 1.807) is 6.07 Å². The lowest BCUT2D eigenvalue weighted by molar-refractivity contribution is 0.101. The number of nitrogens with one attached hydrogen (secondary N) is 2. The molecule has 6 nitrogen and oxygen atoms in total. The molecule has 0 saturated carbocycles. The minimum Gasteiger partial charge on any atom is -0.318 e. The molecular weight excluding hydrogens is 274 g/mol. The van der Waals surface area contributed by atoms with Gasteiger partial charge in [-0.15, -0.1) is 10.2 Å². The van der Waals surface area contributed by atoms with Crippen molar-refractivity contribution < 1.29 is 4.79 Å². The largest absolute Gasteiger partial charge is 0.318 e. The zero-order valence-corrected chi connectivity index (χ0v) is 9.95. The van der Waals surface area contributed by atoms with Gasteiger partial charge in [0.15, 0.2) is 0 Å². The number of amides is 1. The number of aryl methyl sites for hydroxylation is 1. The second-order valence-electron chi connectivity index (χ2n) is 3.13. The molecule has 0 unspecified atom stereocenters. The number of tetrazole rings is 1. The summed E-state index contributed by atoms with van der Waals surface area (Å²) in [7, 11) is 0. The maximum Gasteiger partial charge on any atom is 0.297 e. The molecule has 0 bridgehead atoms. The lowest BCUT2D eigenvalue weighted by Crippen LogP contribution is -2.14. The number of halogens is 1. The minimum absolute atomic E-state index is 0.00778. The number of aromatic amines is 1. The van der Waals surface area contributed by atoms with E-state index in [1.807, 2.05) is 19.1 Å². The topological polar surface area (TPSA) is 83.6 Å². The number of carbonyl (C=O) groups is 1. The predicted octanol–water partition coefficient (Wildman–Crippen LogP) is 1.52. The molecule has 2 aromatic rings. The summed E-state index contributed by atoms with van der Waals surface area (Å²) in [5, 5.41) is 15.4. The molecule has 0 saturated heterocycles. The monoisotopic (exact) mass is 281 g/mol. The van der Waals surface area contributed by atoms with Crippen LogP contribution in [0.5, 0.6) is 0 Å². The van der Waals surface area contributed by atoms with E-state index in [0.29, 0.717) is 5.69 Å². The first-order valence-corrected chi connectivity index (χ1v) is 5.27. The third-order valence-electron chi connectivity index (χ3n) is 1.99. The Kier molecular flexibility index (Phi) is 2.95. The van der Waals surface area contributed by atoms with Crippen LogP contribution in [0.4, 0.5) is 5.69 Å². The highest BCUT2D eigenvalue weighted by Gasteiger charge is 2.12. The number of nitrogens with zero attached hydrogens (tertiary/aromatic N) is 3. The van der Waals surface area contributed by atoms with E-state index in [-0.39, 0.29) is 5.82 Å². The van der Waals surface area contributed by atoms with Crippen LogP contribution in [0.2, 0.25) is 0 Å². The van der Waals surface area contributed by atoms with E-state index in [1.165, 1.54) is 0 Å². The fraction of sp³-hybridized carbons (Fsp3) is 0.111. The summed E-state index contributed by atoms with van der Waals surface area (Å²) in [6.45, 7) is 1.94. The summed E-state index contributed by atoms with van der Waals surface area (Å²) >= 11 is 3.39. The summed E-state index contributed by atoms with van der Waals surface area (Å²) in [5.41, 5.74) is 1.71. The first-order valence-electron chi connectivity index (χ1n) is 4.48. The average Bonchev–Trinajstić information content (AvgIpc) is 2.78. The van der Waals surface area contributed by atoms with Gasteiger partial charge in [0, 0.05) is 4.47 Å². The van der Waals surface area contributed by atoms with Gasteiger partial charge in [-0.3, -0.25) is 4.79 Å². The zero-order chi connectivity index (χ0) is 11.5. The fourth-order valence-corrected chi connectivity index (χ4v) is 1.54. The quantitative estimate of drug-likeness (QED) is 0.874. The van der Waals surface area contributed by atoms with Gasteiger partial charge in [-0.2, -0.15) is 5.21 Å². The molecule has 0 aliphatic rings. The Morgan fingerprint density at radius 2 is 2.31 bits per heavy atom. The first-order chi connectivity index (χ1) is 7.68. The van der Waals surface area contributed by atoms with Crippen molar-refractivity contribution in [3.8, 4) is 0 Å². The van der Waals surface area contributed by atoms with Gasteiger partial charge < -0.3 is 5.32 Å². The Morgan fingerprint density at radius 1 is 1.50 bits per heavy atom. The molecule has 0 radical (unpaired) electrons. The summed E-state index contributed by atoms with van der Waals surface area (Å²) in [6.07, 6.45) is 0. The van der Waals surface area contributed by atoms with E-state index in [4.69, 9.17) is 0 Å². The molecule has 16 heavy (non-hydrogen) atoms. The number of anilines is 1. The zero-order valence-electron chi connectivity index (χ0n) is 8.36. The van der Waals surface area contributed by atoms with Gasteiger partial charge >= 0.3 is 0 Å². The van der Waals surface area contributed by atoms with Crippen LogP contribution in [0, 0.1) is 6.92 Å². The van der Waals surface area contributed by atoms with Crippen molar-refractivity contribution >= 4 is 27.5 Å². The molecule has 0 aliphatic carbocycles. The third kappa shape index (κ3) is 2.08. The highest BCUT2D eigenvalue weighted by molar-refractivity contribution is 9.10. The molecule has 0 aliphatic heterocycles. The van der Waals surface area contributed by atoms with E-state index in [0.717, 1.165) is 10.0 Å². The Bertz CT molecular complexity index is 511. The molecule has 2 N–H and O–H groups in total. The van der Waals surface area contributed by atoms with Gasteiger partial charge in [0.2, 0.25) is 0 Å². The smallest absolute Gasteiger partial charge is 0.297 e. The lowest BCUT2D eigenvalue weighted by Gasteiger charge is -2.06. The number of H-pyrrole nitrogens is 1. The van der Waals surface area contributed by atoms with Gasteiger partial charge in [0.25, 0.3) is 11.7 Å². The van der Waals surface area contributed by atoms with Gasteiger partial charge in [-0.1, -0.05) is 12.1 Å². The van der Waals surface area contributed by atoms with Crippen LogP contribution >= 0.6 is 15.9 Å². The van der Waals surface area contributed by atoms with Gasteiger partial charge in [-0.05, 0) is 39.7 Å². The summed E-state index contributed by atoms with van der Waals surface area (Å²) in [5.74, 6) is -0.395. The minimum atomic E-state index is -0.403. The lowest BCUT2D eigenvalue weighted by atomic mass is 10.2. The number of aromatic nitrogens is 4. The first kappa shape index (κ1) is 10.7. The van der Waals surface area contributed by atoms with Crippen LogP contribution < -0.4 is 5.32 Å². The number of hydrogen-bond acceptors (Lipinski definition) is 4. The van der Waals surface area contributed by atoms with Crippen LogP contribution in [0.15, 0.2) is 22.7 Å². The van der Waals surface area contributed by atoms with Crippen molar-refractivity contribution in [3.05, 3.63) is 34.1 Å². The Balaban J connectivity index is 2.22. The Hall–Kier alpha value is -1.76. The van der Waals surface area contributed by atoms with Gasteiger partial charge in [0.1, 0.15) is 0 Å². The van der Waals surface area contributed by atoms with Crippen LogP contribution in [-0.4, -0.2) is 26.5 Å². The highest BCUT2D eigenvalue weighted by Crippen LogP contribution is 2.25. The van der Waals surface area contributed by atoms with Crippen LogP contribution in [0.25, 0.3) is 0 Å². The van der Waals surface area contributed by atoms with Crippen LogP contribution in [-0.2, 0) is 0 Å². The van der Waals surface area contributed by atoms with E-state index >= 15 is 0 Å². The van der Waals surface area contributed by atoms with Crippen molar-refractivity contribution in [1.29, 1.82) is 0 Å². The van der Waals surface area contributed by atoms with E-state index < -0.39 is 5.91 Å². The molecule has 82 valence electrons. The highest BCUT2D eigenvalue weighted by atomic mass is 79.9. The maximum absolute atomic E-state index is 11.6. The number of carbonyl (C=O) groups excluding carboxylic acids is 1. The predicted molar refractivity (Wildman–Crippen MR) is 61.0 cm³/mol. The van der Waals surface area contributed by atoms with Crippen molar-refractivity contribution in [2.45, 2.75) is 6.92 Å². The fourth-order valence-electron chi connectivity index (χ4n) is 1.18. The third-order valence-corrected chi connectivity index (χ3v) is 3.04. The molecule has 0 atom stereocenters. The molecule has 1 amide bonds. The molecule has 7 heteroatoms. The number of rotatable bonds is 2. The molecule has 1 aromatic heterocycles. The summed E-state index contributed by atoms with van der Waals surface area (Å²) in [4.78, 5) is 11.6. The maximum atomic E-state index is 11.6. The van der Waals surface area contributed by atoms with Crippen molar-refractivity contribution in [2.24, 2.45) is 0 Å². The molecule has 2 rings (SSSR count). The normalized spacial score (nSPS) is 10.1. The van der Waals surface area contributed by atoms with Crippen molar-refractivity contribution in [1.82, 2.24) is 20.6 Å². The SMILES string of the molecule is Cc1cccc(NC(=O)c2nn[nH]n2)c1Br. The van der Waals surface area contributed by atoms with Crippen LogP contribution in [0.1, 0.15) is 16.2 Å². The Morgan fingerprint density at radius 3 is 3.00 bits per heavy atom. The molecule has 1 aromatic carbocycles. The van der Waals surface area contributed by atoms with Crippen LogP contribution in [0.3, 0.4) is 0 Å². The van der Waals surface area contributed by atoms with Gasteiger partial charge in [-0.25, -0.2) is 0 Å². The van der Waals surface area contributed by atoms with E-state index in [2.05, 4.69) is 41.9 Å². The molecule has 1 heterocycles. The summed E-state index contributed by atoms with van der Waals surface area (Å²) in [6, 6.07) is 5.58. The van der Waals surface area contributed by atoms with Crippen molar-refractivity contribution in [2.75, 3.05) is 5.32 Å². The van der Waals surface area contributed by atoms with E-state index in [9.17, 15) is 4.79 Å². The van der Waals surface area contributed by atoms with Gasteiger partial charge in [0.05, 0.1) is 5.69 Å². The Labute approximate surface area is 99.6 Å². The molecule has 0 spiro atoms. The molecule has 0 fully saturated rings. The summed E-state index contributed by atoms with van der Waals surface area (Å²) < 4.78 is 0.840.